The lowest BCUT2D eigenvalue weighted by Crippen LogP contribution is -1.86. The van der Waals surface area contributed by atoms with Gasteiger partial charge in [0.1, 0.15) is 11.5 Å². The van der Waals surface area contributed by atoms with Crippen LogP contribution in [0.2, 0.25) is 0 Å². The Morgan fingerprint density at radius 2 is 0.727 bits per heavy atom. The molecule has 0 aliphatic carbocycles. The molecule has 0 aromatic heterocycles. The summed E-state index contributed by atoms with van der Waals surface area (Å²) in [7, 11) is 0. The number of rotatable bonds is 3. The van der Waals surface area contributed by atoms with Crippen LogP contribution in [0.5, 0.6) is 11.5 Å². The van der Waals surface area contributed by atoms with Gasteiger partial charge in [-0.05, 0) is 99.2 Å². The van der Waals surface area contributed by atoms with Crippen LogP contribution in [0.15, 0.2) is 84.9 Å². The van der Waals surface area contributed by atoms with Gasteiger partial charge in [0.05, 0.1) is 0 Å². The first kappa shape index (κ1) is 25.9. The van der Waals surface area contributed by atoms with Crippen LogP contribution in [0.3, 0.4) is 0 Å². The van der Waals surface area contributed by atoms with Crippen LogP contribution in [-0.2, 0) is 0 Å². The first-order valence-electron chi connectivity index (χ1n) is 11.8. The molecule has 1 heteroatoms. The molecule has 0 saturated carbocycles. The molecule has 0 amide bonds. The second kappa shape index (κ2) is 12.6. The molecule has 1 nitrogen and oxygen atoms in total. The van der Waals surface area contributed by atoms with E-state index in [1.54, 1.807) is 0 Å². The van der Waals surface area contributed by atoms with Gasteiger partial charge in [-0.25, -0.2) is 0 Å². The third kappa shape index (κ3) is 7.95. The molecule has 4 aromatic carbocycles. The van der Waals surface area contributed by atoms with Crippen molar-refractivity contribution in [3.63, 3.8) is 0 Å². The highest BCUT2D eigenvalue weighted by Crippen LogP contribution is 2.24. The van der Waals surface area contributed by atoms with Crippen molar-refractivity contribution >= 4 is 0 Å². The zero-order valence-electron chi connectivity index (χ0n) is 21.5. The molecule has 33 heavy (non-hydrogen) atoms. The molecular weight excluding hydrogens is 400 g/mol. The second-order valence-corrected chi connectivity index (χ2v) is 8.33. The maximum absolute atomic E-state index is 5.69. The van der Waals surface area contributed by atoms with Gasteiger partial charge in [0.2, 0.25) is 0 Å². The zero-order valence-corrected chi connectivity index (χ0v) is 21.5. The van der Waals surface area contributed by atoms with Crippen LogP contribution >= 0.6 is 0 Å². The van der Waals surface area contributed by atoms with E-state index in [1.165, 1.54) is 44.5 Å². The number of aryl methyl sites for hydroxylation is 6. The molecule has 0 heterocycles. The van der Waals surface area contributed by atoms with Crippen LogP contribution in [0.25, 0.3) is 11.1 Å². The topological polar surface area (TPSA) is 9.23 Å². The van der Waals surface area contributed by atoms with Crippen molar-refractivity contribution in [1.82, 2.24) is 0 Å². The van der Waals surface area contributed by atoms with Gasteiger partial charge in [-0.3, -0.25) is 0 Å². The monoisotopic (exact) mass is 438 g/mol. The summed E-state index contributed by atoms with van der Waals surface area (Å²) in [5.41, 5.74) is 10.5. The number of hydrogen-bond donors (Lipinski definition) is 0. The first-order chi connectivity index (χ1) is 15.8. The average molecular weight is 439 g/mol. The van der Waals surface area contributed by atoms with E-state index in [0.717, 1.165) is 11.5 Å². The molecule has 4 aromatic rings. The molecule has 172 valence electrons. The van der Waals surface area contributed by atoms with E-state index in [4.69, 9.17) is 4.74 Å². The Kier molecular flexibility index (Phi) is 9.94. The van der Waals surface area contributed by atoms with E-state index >= 15 is 0 Å². The van der Waals surface area contributed by atoms with Gasteiger partial charge in [0.15, 0.2) is 0 Å². The van der Waals surface area contributed by atoms with E-state index < -0.39 is 0 Å². The normalized spacial score (nSPS) is 9.82. The minimum Gasteiger partial charge on any atom is -0.457 e. The highest BCUT2D eigenvalue weighted by molar-refractivity contribution is 5.66. The molecule has 4 rings (SSSR count). The zero-order chi connectivity index (χ0) is 24.4. The number of benzene rings is 4. The van der Waals surface area contributed by atoms with Crippen molar-refractivity contribution < 1.29 is 4.74 Å². The quantitative estimate of drug-likeness (QED) is 0.309. The Morgan fingerprint density at radius 1 is 0.394 bits per heavy atom. The van der Waals surface area contributed by atoms with Gasteiger partial charge in [-0.1, -0.05) is 85.6 Å². The number of ether oxygens (including phenoxy) is 1. The van der Waals surface area contributed by atoms with Crippen LogP contribution < -0.4 is 4.74 Å². The Bertz CT molecular complexity index is 1040. The standard InChI is InChI=1S/C16H18.C14H14O.C2H6/c1-11-5-7-15(9-13(11)3)16-8-6-12(2)14(4)10-16;1-11-3-7-13(8-4-11)15-14-9-5-12(2)6-10-14;1-2/h5-10H,1-4H3;3-10H,1-2H3;1-2H3. The summed E-state index contributed by atoms with van der Waals surface area (Å²) in [6.07, 6.45) is 0. The van der Waals surface area contributed by atoms with Crippen molar-refractivity contribution in [1.29, 1.82) is 0 Å². The van der Waals surface area contributed by atoms with Gasteiger partial charge in [-0.15, -0.1) is 0 Å². The third-order valence-corrected chi connectivity index (χ3v) is 5.62. The molecule has 0 spiro atoms. The molecule has 0 fully saturated rings. The molecule has 0 aliphatic heterocycles. The Hall–Kier alpha value is -3.32. The average Bonchev–Trinajstić information content (AvgIpc) is 2.82. The van der Waals surface area contributed by atoms with Crippen molar-refractivity contribution in [3.05, 3.63) is 118 Å². The summed E-state index contributed by atoms with van der Waals surface area (Å²) in [5, 5.41) is 0. The first-order valence-corrected chi connectivity index (χ1v) is 11.8. The highest BCUT2D eigenvalue weighted by Gasteiger charge is 2.01. The lowest BCUT2D eigenvalue weighted by atomic mass is 9.98. The maximum atomic E-state index is 5.69. The second-order valence-electron chi connectivity index (χ2n) is 8.33. The summed E-state index contributed by atoms with van der Waals surface area (Å²) >= 11 is 0. The fourth-order valence-electron chi connectivity index (χ4n) is 3.19. The molecule has 0 radical (unpaired) electrons. The largest absolute Gasteiger partial charge is 0.457 e. The fraction of sp³-hybridized carbons (Fsp3) is 0.250. The Labute approximate surface area is 201 Å². The molecule has 0 aliphatic rings. The van der Waals surface area contributed by atoms with Crippen LogP contribution in [0.1, 0.15) is 47.2 Å². The van der Waals surface area contributed by atoms with Crippen molar-refractivity contribution in [2.75, 3.05) is 0 Å². The van der Waals surface area contributed by atoms with Gasteiger partial charge in [0, 0.05) is 0 Å². The van der Waals surface area contributed by atoms with Gasteiger partial charge in [0.25, 0.3) is 0 Å². The third-order valence-electron chi connectivity index (χ3n) is 5.62. The van der Waals surface area contributed by atoms with Crippen molar-refractivity contribution in [3.8, 4) is 22.6 Å². The Morgan fingerprint density at radius 3 is 1.03 bits per heavy atom. The fourth-order valence-corrected chi connectivity index (χ4v) is 3.19. The van der Waals surface area contributed by atoms with E-state index in [2.05, 4.69) is 77.9 Å². The molecule has 0 atom stereocenters. The highest BCUT2D eigenvalue weighted by atomic mass is 16.5. The summed E-state index contributed by atoms with van der Waals surface area (Å²) in [6.45, 7) is 16.8. The maximum Gasteiger partial charge on any atom is 0.127 e. The molecular formula is C32H38O. The lowest BCUT2D eigenvalue weighted by molar-refractivity contribution is 0.482. The van der Waals surface area contributed by atoms with E-state index in [9.17, 15) is 0 Å². The summed E-state index contributed by atoms with van der Waals surface area (Å²) < 4.78 is 5.69. The molecule has 0 bridgehead atoms. The van der Waals surface area contributed by atoms with Crippen LogP contribution in [0, 0.1) is 41.5 Å². The van der Waals surface area contributed by atoms with Gasteiger partial charge in [-0.2, -0.15) is 0 Å². The van der Waals surface area contributed by atoms with Crippen molar-refractivity contribution in [2.24, 2.45) is 0 Å². The van der Waals surface area contributed by atoms with Gasteiger partial charge < -0.3 is 4.74 Å². The van der Waals surface area contributed by atoms with Gasteiger partial charge >= 0.3 is 0 Å². The van der Waals surface area contributed by atoms with Crippen molar-refractivity contribution in [2.45, 2.75) is 55.4 Å². The lowest BCUT2D eigenvalue weighted by Gasteiger charge is -2.08. The number of hydrogen-bond acceptors (Lipinski definition) is 1. The minimum absolute atomic E-state index is 0.879. The van der Waals surface area contributed by atoms with E-state index in [0.29, 0.717) is 0 Å². The smallest absolute Gasteiger partial charge is 0.127 e. The Balaban J connectivity index is 0.000000218. The predicted molar refractivity (Wildman–Crippen MR) is 145 cm³/mol. The summed E-state index contributed by atoms with van der Waals surface area (Å²) in [5.74, 6) is 1.76. The molecule has 0 unspecified atom stereocenters. The van der Waals surface area contributed by atoms with Crippen LogP contribution in [0.4, 0.5) is 0 Å². The summed E-state index contributed by atoms with van der Waals surface area (Å²) in [6, 6.07) is 29.4. The molecule has 0 N–H and O–H groups in total. The van der Waals surface area contributed by atoms with E-state index in [-0.39, 0.29) is 0 Å². The van der Waals surface area contributed by atoms with Crippen LogP contribution in [-0.4, -0.2) is 0 Å². The SMILES string of the molecule is CC.Cc1ccc(-c2ccc(C)c(C)c2)cc1C.Cc1ccc(Oc2ccc(C)cc2)cc1. The molecule has 0 saturated heterocycles. The predicted octanol–water partition coefficient (Wildman–Crippen LogP) is 9.71. The minimum atomic E-state index is 0.879. The van der Waals surface area contributed by atoms with E-state index in [1.807, 2.05) is 62.4 Å². The summed E-state index contributed by atoms with van der Waals surface area (Å²) in [4.78, 5) is 0.